The first-order chi connectivity index (χ1) is 13.3. The van der Waals surface area contributed by atoms with E-state index in [4.69, 9.17) is 4.74 Å². The Morgan fingerprint density at radius 3 is 1.96 bits per heavy atom. The Balaban J connectivity index is 1.34. The molecule has 0 aliphatic heterocycles. The number of hydrogen-bond donors (Lipinski definition) is 0. The summed E-state index contributed by atoms with van der Waals surface area (Å²) in [5, 5.41) is 0. The van der Waals surface area contributed by atoms with E-state index in [-0.39, 0.29) is 0 Å². The van der Waals surface area contributed by atoms with Gasteiger partial charge < -0.3 is 4.74 Å². The summed E-state index contributed by atoms with van der Waals surface area (Å²) >= 11 is 0. The monoisotopic (exact) mass is 372 g/mol. The van der Waals surface area contributed by atoms with Crippen LogP contribution in [0.5, 0.6) is 0 Å². The van der Waals surface area contributed by atoms with Crippen LogP contribution in [0.25, 0.3) is 0 Å². The van der Waals surface area contributed by atoms with Crippen LogP contribution in [0, 0.1) is 17.8 Å². The van der Waals surface area contributed by atoms with Crippen molar-refractivity contribution in [2.45, 2.75) is 83.2 Å². The lowest BCUT2D eigenvalue weighted by atomic mass is 9.74. The molecule has 1 aromatic carbocycles. The maximum atomic E-state index is 12.2. The summed E-state index contributed by atoms with van der Waals surface area (Å²) in [5.41, 5.74) is 2.79. The molecule has 0 heterocycles. The minimum atomic E-state index is 0.710. The van der Waals surface area contributed by atoms with Crippen LogP contribution < -0.4 is 0 Å². The Morgan fingerprint density at radius 1 is 0.852 bits per heavy atom. The molecule has 0 N–H and O–H groups in total. The summed E-state index contributed by atoms with van der Waals surface area (Å²) in [5.74, 6) is 3.37. The van der Waals surface area contributed by atoms with E-state index < -0.39 is 0 Å². The molecule has 0 bridgehead atoms. The molecule has 0 spiro atoms. The molecule has 1 aromatic rings. The summed E-state index contributed by atoms with van der Waals surface area (Å²) in [7, 11) is 1.75. The molecule has 0 radical (unpaired) electrons. The highest BCUT2D eigenvalue weighted by Crippen LogP contribution is 2.40. The zero-order valence-electron chi connectivity index (χ0n) is 17.0. The van der Waals surface area contributed by atoms with Gasteiger partial charge in [-0.1, -0.05) is 56.0 Å². The van der Waals surface area contributed by atoms with Crippen LogP contribution >= 0.6 is 0 Å². The van der Waals surface area contributed by atoms with Gasteiger partial charge in [0.05, 0.1) is 12.9 Å². The van der Waals surface area contributed by atoms with Gasteiger partial charge in [-0.15, -0.1) is 0 Å². The number of allylic oxidation sites excluding steroid dienone is 1. The van der Waals surface area contributed by atoms with E-state index in [0.29, 0.717) is 6.61 Å². The van der Waals surface area contributed by atoms with E-state index in [1.54, 1.807) is 13.2 Å². The van der Waals surface area contributed by atoms with E-state index in [1.165, 1.54) is 75.3 Å². The van der Waals surface area contributed by atoms with Crippen LogP contribution in [0.3, 0.4) is 0 Å². The van der Waals surface area contributed by atoms with E-state index in [1.807, 2.05) is 0 Å². The molecule has 1 nitrogen and oxygen atoms in total. The quantitative estimate of drug-likeness (QED) is 0.457. The molecular weight excluding hydrogens is 335 g/mol. The van der Waals surface area contributed by atoms with Gasteiger partial charge in [0.25, 0.3) is 0 Å². The highest BCUT2D eigenvalue weighted by atomic mass is 19.1. The summed E-state index contributed by atoms with van der Waals surface area (Å²) in [6.45, 7) is 0.710. The summed E-state index contributed by atoms with van der Waals surface area (Å²) in [6, 6.07) is 9.08. The third-order valence-corrected chi connectivity index (χ3v) is 7.12. The van der Waals surface area contributed by atoms with Crippen molar-refractivity contribution in [1.29, 1.82) is 0 Å². The molecule has 27 heavy (non-hydrogen) atoms. The van der Waals surface area contributed by atoms with Crippen molar-refractivity contribution >= 4 is 0 Å². The van der Waals surface area contributed by atoms with Crippen molar-refractivity contribution in [2.24, 2.45) is 17.8 Å². The lowest BCUT2D eigenvalue weighted by Gasteiger charge is -2.32. The van der Waals surface area contributed by atoms with Crippen molar-refractivity contribution in [1.82, 2.24) is 0 Å². The third kappa shape index (κ3) is 6.45. The van der Waals surface area contributed by atoms with Crippen molar-refractivity contribution in [3.63, 3.8) is 0 Å². The second kappa shape index (κ2) is 11.0. The third-order valence-electron chi connectivity index (χ3n) is 7.12. The molecule has 2 aliphatic rings. The van der Waals surface area contributed by atoms with Crippen LogP contribution in [0.4, 0.5) is 4.39 Å². The minimum absolute atomic E-state index is 0.710. The zero-order valence-corrected chi connectivity index (χ0v) is 17.0. The van der Waals surface area contributed by atoms with Gasteiger partial charge >= 0.3 is 0 Å². The molecular formula is C25H37FO. The van der Waals surface area contributed by atoms with E-state index in [2.05, 4.69) is 24.3 Å². The van der Waals surface area contributed by atoms with Gasteiger partial charge in [-0.05, 0) is 79.7 Å². The highest BCUT2D eigenvalue weighted by Gasteiger charge is 2.25. The molecule has 0 amide bonds. The maximum absolute atomic E-state index is 12.2. The van der Waals surface area contributed by atoms with E-state index >= 15 is 0 Å². The average Bonchev–Trinajstić information content (AvgIpc) is 2.73. The van der Waals surface area contributed by atoms with Gasteiger partial charge in [-0.25, -0.2) is 4.39 Å². The second-order valence-electron chi connectivity index (χ2n) is 8.95. The first-order valence-corrected chi connectivity index (χ1v) is 11.1. The average molecular weight is 373 g/mol. The van der Waals surface area contributed by atoms with Crippen molar-refractivity contribution in [2.75, 3.05) is 7.11 Å². The highest BCUT2D eigenvalue weighted by molar-refractivity contribution is 5.25. The smallest absolute Gasteiger partial charge is 0.0827 e. The number of halogens is 1. The van der Waals surface area contributed by atoms with E-state index in [0.717, 1.165) is 36.4 Å². The molecule has 3 rings (SSSR count). The summed E-state index contributed by atoms with van der Waals surface area (Å²) < 4.78 is 17.4. The number of hydrogen-bond acceptors (Lipinski definition) is 1. The van der Waals surface area contributed by atoms with Crippen LogP contribution in [0.15, 0.2) is 36.7 Å². The Morgan fingerprint density at radius 2 is 1.41 bits per heavy atom. The van der Waals surface area contributed by atoms with Crippen LogP contribution in [0.1, 0.15) is 87.7 Å². The molecule has 0 aromatic heterocycles. The molecule has 2 heteroatoms. The summed E-state index contributed by atoms with van der Waals surface area (Å²) in [6.07, 6.45) is 17.1. The first kappa shape index (κ1) is 20.6. The van der Waals surface area contributed by atoms with Gasteiger partial charge in [0, 0.05) is 7.11 Å². The largest absolute Gasteiger partial charge is 0.380 e. The molecule has 150 valence electrons. The number of rotatable bonds is 8. The van der Waals surface area contributed by atoms with Gasteiger partial charge in [-0.2, -0.15) is 0 Å². The van der Waals surface area contributed by atoms with Crippen LogP contribution in [-0.4, -0.2) is 7.11 Å². The Hall–Kier alpha value is -1.15. The molecule has 2 fully saturated rings. The van der Waals surface area contributed by atoms with Crippen molar-refractivity contribution in [3.8, 4) is 0 Å². The normalized spacial score (nSPS) is 29.3. The maximum Gasteiger partial charge on any atom is 0.0827 e. The molecule has 2 aliphatic carbocycles. The Bertz CT molecular complexity index is 548. The predicted octanol–water partition coefficient (Wildman–Crippen LogP) is 7.57. The number of ether oxygens (including phenoxy) is 1. The van der Waals surface area contributed by atoms with Gasteiger partial charge in [0.15, 0.2) is 0 Å². The molecule has 0 atom stereocenters. The number of benzene rings is 1. The Kier molecular flexibility index (Phi) is 8.38. The van der Waals surface area contributed by atoms with Crippen LogP contribution in [-0.2, 0) is 11.3 Å². The first-order valence-electron chi connectivity index (χ1n) is 11.1. The van der Waals surface area contributed by atoms with Gasteiger partial charge in [-0.3, -0.25) is 0 Å². The SMILES string of the molecule is COCc1ccc([C@H]2CC[C@H](CC[C@H]3CC[C@H](CC=CF)CC3)CC2)cc1. The second-order valence-corrected chi connectivity index (χ2v) is 8.95. The predicted molar refractivity (Wildman–Crippen MR) is 111 cm³/mol. The van der Waals surface area contributed by atoms with Gasteiger partial charge in [0.2, 0.25) is 0 Å². The summed E-state index contributed by atoms with van der Waals surface area (Å²) in [4.78, 5) is 0. The van der Waals surface area contributed by atoms with Crippen molar-refractivity contribution in [3.05, 3.63) is 47.8 Å². The fraction of sp³-hybridized carbons (Fsp3) is 0.680. The topological polar surface area (TPSA) is 9.23 Å². The minimum Gasteiger partial charge on any atom is -0.380 e. The lowest BCUT2D eigenvalue weighted by Crippen LogP contribution is -2.17. The lowest BCUT2D eigenvalue weighted by molar-refractivity contribution is 0.185. The zero-order chi connectivity index (χ0) is 18.9. The number of methoxy groups -OCH3 is 1. The molecule has 2 saturated carbocycles. The van der Waals surface area contributed by atoms with Crippen molar-refractivity contribution < 1.29 is 9.13 Å². The van der Waals surface area contributed by atoms with Crippen LogP contribution in [0.2, 0.25) is 0 Å². The Labute approximate surface area is 165 Å². The molecule has 0 saturated heterocycles. The fourth-order valence-corrected chi connectivity index (χ4v) is 5.31. The van der Waals surface area contributed by atoms with E-state index in [9.17, 15) is 4.39 Å². The molecule has 0 unspecified atom stereocenters. The fourth-order valence-electron chi connectivity index (χ4n) is 5.31. The standard InChI is InChI=1S/C25H37FO/c1-27-19-23-12-16-25(17-13-23)24-14-10-22(11-15-24)9-8-21-6-4-20(5-7-21)3-2-18-26/h2,12-13,16-18,20-22,24H,3-11,14-15,19H2,1H3/t20-,21-,22-,24-. The van der Waals surface area contributed by atoms with Gasteiger partial charge in [0.1, 0.15) is 0 Å².